The second-order valence-corrected chi connectivity index (χ2v) is 6.75. The Morgan fingerprint density at radius 3 is 2.90 bits per heavy atom. The number of benzene rings is 1. The van der Waals surface area contributed by atoms with Crippen molar-refractivity contribution in [2.45, 2.75) is 18.8 Å². The van der Waals surface area contributed by atoms with Crippen molar-refractivity contribution in [2.24, 2.45) is 0 Å². The minimum Gasteiger partial charge on any atom is -0.396 e. The lowest BCUT2D eigenvalue weighted by atomic mass is 9.97. The van der Waals surface area contributed by atoms with Gasteiger partial charge in [-0.1, -0.05) is 39.1 Å². The van der Waals surface area contributed by atoms with Gasteiger partial charge in [-0.25, -0.2) is 0 Å². The quantitative estimate of drug-likeness (QED) is 0.687. The maximum atomic E-state index is 11.9. The van der Waals surface area contributed by atoms with Crippen molar-refractivity contribution in [3.8, 4) is 0 Å². The second kappa shape index (κ2) is 5.80. The molecule has 2 heterocycles. The Morgan fingerprint density at radius 2 is 2.19 bits per heavy atom. The van der Waals surface area contributed by atoms with Gasteiger partial charge in [0.2, 0.25) is 5.91 Å². The molecular formula is C14H13BrCl2N2O2. The number of aliphatic hydroxyl groups is 1. The molecule has 1 unspecified atom stereocenters. The zero-order valence-corrected chi connectivity index (χ0v) is 14.1. The number of aromatic amines is 1. The van der Waals surface area contributed by atoms with Gasteiger partial charge in [-0.15, -0.1) is 0 Å². The lowest BCUT2D eigenvalue weighted by Crippen LogP contribution is -2.26. The van der Waals surface area contributed by atoms with Gasteiger partial charge in [-0.05, 0) is 18.1 Å². The maximum Gasteiger partial charge on any atom is 0.224 e. The average molecular weight is 392 g/mol. The number of aromatic nitrogens is 1. The van der Waals surface area contributed by atoms with Crippen LogP contribution in [0.25, 0.3) is 10.9 Å². The van der Waals surface area contributed by atoms with Crippen LogP contribution in [-0.4, -0.2) is 29.1 Å². The standard InChI is InChI=1S/C14H13BrCl2N2O2/c15-8-4-9(16)12(17)14-11(8)7-3-10(21)18-5-6(1-2-20)13(7)19-14/h4,6,19-20H,1-3,5H2,(H,18,21). The van der Waals surface area contributed by atoms with Crippen LogP contribution in [0.1, 0.15) is 23.6 Å². The van der Waals surface area contributed by atoms with Crippen LogP contribution in [0.2, 0.25) is 10.0 Å². The van der Waals surface area contributed by atoms with E-state index in [0.29, 0.717) is 23.0 Å². The van der Waals surface area contributed by atoms with Gasteiger partial charge in [0.05, 0.1) is 22.0 Å². The predicted octanol–water partition coefficient (Wildman–Crippen LogP) is 3.38. The zero-order chi connectivity index (χ0) is 15.1. The van der Waals surface area contributed by atoms with Crippen LogP contribution in [-0.2, 0) is 11.2 Å². The molecule has 0 radical (unpaired) electrons. The summed E-state index contributed by atoms with van der Waals surface area (Å²) in [6, 6.07) is 1.74. The van der Waals surface area contributed by atoms with Crippen molar-refractivity contribution in [1.82, 2.24) is 10.3 Å². The summed E-state index contributed by atoms with van der Waals surface area (Å²) >= 11 is 15.9. The molecule has 4 nitrogen and oxygen atoms in total. The van der Waals surface area contributed by atoms with Crippen LogP contribution in [0.5, 0.6) is 0 Å². The number of carbonyl (C=O) groups is 1. The smallest absolute Gasteiger partial charge is 0.224 e. The first-order chi connectivity index (χ1) is 10.0. The summed E-state index contributed by atoms with van der Waals surface area (Å²) in [6.45, 7) is 0.563. The van der Waals surface area contributed by atoms with Gasteiger partial charge >= 0.3 is 0 Å². The molecule has 1 atom stereocenters. The van der Waals surface area contributed by atoms with Crippen molar-refractivity contribution in [3.05, 3.63) is 31.8 Å². The zero-order valence-electron chi connectivity index (χ0n) is 11.0. The fourth-order valence-electron chi connectivity index (χ4n) is 2.85. The summed E-state index contributed by atoms with van der Waals surface area (Å²) in [4.78, 5) is 15.3. The Kier molecular flexibility index (Phi) is 4.19. The largest absolute Gasteiger partial charge is 0.396 e. The summed E-state index contributed by atoms with van der Waals surface area (Å²) in [5.74, 6) is 0.00107. The van der Waals surface area contributed by atoms with Gasteiger partial charge in [0, 0.05) is 34.6 Å². The number of nitrogens with one attached hydrogen (secondary N) is 2. The summed E-state index contributed by atoms with van der Waals surface area (Å²) < 4.78 is 0.807. The van der Waals surface area contributed by atoms with Crippen LogP contribution in [0.15, 0.2) is 10.5 Å². The van der Waals surface area contributed by atoms with E-state index in [-0.39, 0.29) is 24.9 Å². The van der Waals surface area contributed by atoms with Crippen LogP contribution in [0.4, 0.5) is 0 Å². The Balaban J connectivity index is 2.29. The first-order valence-corrected chi connectivity index (χ1v) is 8.13. The van der Waals surface area contributed by atoms with E-state index in [1.807, 2.05) is 0 Å². The number of aliphatic hydroxyl groups excluding tert-OH is 1. The molecule has 1 aliphatic heterocycles. The van der Waals surface area contributed by atoms with Gasteiger partial charge in [-0.3, -0.25) is 4.79 Å². The normalized spacial score (nSPS) is 18.5. The van der Waals surface area contributed by atoms with E-state index >= 15 is 0 Å². The molecule has 112 valence electrons. The fraction of sp³-hybridized carbons (Fsp3) is 0.357. The Bertz CT molecular complexity index is 730. The van der Waals surface area contributed by atoms with Crippen molar-refractivity contribution in [2.75, 3.05) is 13.2 Å². The van der Waals surface area contributed by atoms with Crippen molar-refractivity contribution in [3.63, 3.8) is 0 Å². The molecule has 1 aliphatic rings. The van der Waals surface area contributed by atoms with E-state index < -0.39 is 0 Å². The number of carbonyl (C=O) groups excluding carboxylic acids is 1. The van der Waals surface area contributed by atoms with E-state index in [9.17, 15) is 9.90 Å². The van der Waals surface area contributed by atoms with Gasteiger partial charge in [0.1, 0.15) is 0 Å². The van der Waals surface area contributed by atoms with E-state index in [4.69, 9.17) is 23.2 Å². The van der Waals surface area contributed by atoms with Crippen LogP contribution >= 0.6 is 39.1 Å². The van der Waals surface area contributed by atoms with Crippen LogP contribution in [0.3, 0.4) is 0 Å². The SMILES string of the molecule is O=C1Cc2c([nH]c3c(Cl)c(Cl)cc(Br)c23)C(CCO)CN1. The Hall–Kier alpha value is -0.750. The molecule has 21 heavy (non-hydrogen) atoms. The van der Waals surface area contributed by atoms with Gasteiger partial charge in [0.25, 0.3) is 0 Å². The molecule has 0 aliphatic carbocycles. The molecule has 3 rings (SSSR count). The monoisotopic (exact) mass is 390 g/mol. The number of amides is 1. The molecule has 1 amide bonds. The minimum absolute atomic E-state index is 0.0319. The van der Waals surface area contributed by atoms with Gasteiger partial charge < -0.3 is 15.4 Å². The van der Waals surface area contributed by atoms with Crippen LogP contribution in [0, 0.1) is 0 Å². The summed E-state index contributed by atoms with van der Waals surface area (Å²) in [7, 11) is 0. The molecule has 3 N–H and O–H groups in total. The second-order valence-electron chi connectivity index (χ2n) is 5.11. The molecule has 0 spiro atoms. The maximum absolute atomic E-state index is 11.9. The summed E-state index contributed by atoms with van der Waals surface area (Å²) in [5, 5.41) is 13.9. The van der Waals surface area contributed by atoms with Crippen molar-refractivity contribution < 1.29 is 9.90 Å². The van der Waals surface area contributed by atoms with E-state index in [0.717, 1.165) is 26.6 Å². The first-order valence-electron chi connectivity index (χ1n) is 6.58. The molecule has 1 aromatic carbocycles. The lowest BCUT2D eigenvalue weighted by Gasteiger charge is -2.13. The lowest BCUT2D eigenvalue weighted by molar-refractivity contribution is -0.120. The Labute approximate surface area is 139 Å². The number of hydrogen-bond donors (Lipinski definition) is 3. The number of H-pyrrole nitrogens is 1. The Morgan fingerprint density at radius 1 is 1.43 bits per heavy atom. The van der Waals surface area contributed by atoms with E-state index in [2.05, 4.69) is 26.2 Å². The third-order valence-electron chi connectivity index (χ3n) is 3.83. The van der Waals surface area contributed by atoms with Crippen molar-refractivity contribution in [1.29, 1.82) is 0 Å². The molecule has 1 aromatic heterocycles. The molecular weight excluding hydrogens is 379 g/mol. The highest BCUT2D eigenvalue weighted by molar-refractivity contribution is 9.10. The van der Waals surface area contributed by atoms with Crippen molar-refractivity contribution >= 4 is 55.9 Å². The molecule has 0 fully saturated rings. The first kappa shape index (κ1) is 15.2. The number of hydrogen-bond acceptors (Lipinski definition) is 2. The minimum atomic E-state index is -0.0319. The fourth-order valence-corrected chi connectivity index (χ4v) is 4.05. The predicted molar refractivity (Wildman–Crippen MR) is 87.2 cm³/mol. The number of rotatable bonds is 2. The van der Waals surface area contributed by atoms with E-state index in [1.165, 1.54) is 0 Å². The average Bonchev–Trinajstić information content (AvgIpc) is 2.74. The summed E-state index contributed by atoms with van der Waals surface area (Å²) in [5.41, 5.74) is 2.60. The molecule has 0 saturated heterocycles. The summed E-state index contributed by atoms with van der Waals surface area (Å²) in [6.07, 6.45) is 0.858. The van der Waals surface area contributed by atoms with Gasteiger partial charge in [-0.2, -0.15) is 0 Å². The molecule has 0 saturated carbocycles. The third kappa shape index (κ3) is 2.57. The van der Waals surface area contributed by atoms with E-state index in [1.54, 1.807) is 6.07 Å². The van der Waals surface area contributed by atoms with Crippen LogP contribution < -0.4 is 5.32 Å². The third-order valence-corrected chi connectivity index (χ3v) is 5.24. The molecule has 2 aromatic rings. The van der Waals surface area contributed by atoms with Gasteiger partial charge in [0.15, 0.2) is 0 Å². The highest BCUT2D eigenvalue weighted by atomic mass is 79.9. The highest BCUT2D eigenvalue weighted by Gasteiger charge is 2.27. The number of halogens is 3. The number of fused-ring (bicyclic) bond motifs is 3. The molecule has 0 bridgehead atoms. The molecule has 7 heteroatoms. The highest BCUT2D eigenvalue weighted by Crippen LogP contribution is 2.41. The topological polar surface area (TPSA) is 65.1 Å².